The lowest BCUT2D eigenvalue weighted by Crippen LogP contribution is -2.05. The molecule has 0 aromatic heterocycles. The molecule has 7 aromatic carbocycles. The van der Waals surface area contributed by atoms with Gasteiger partial charge in [0, 0.05) is 0 Å². The Hall–Kier alpha value is -6.46. The molecule has 0 radical (unpaired) electrons. The van der Waals surface area contributed by atoms with Crippen molar-refractivity contribution in [2.75, 3.05) is 7.11 Å². The van der Waals surface area contributed by atoms with E-state index in [0.717, 1.165) is 65.2 Å². The van der Waals surface area contributed by atoms with Crippen LogP contribution in [0.25, 0.3) is 11.1 Å². The van der Waals surface area contributed by atoms with Gasteiger partial charge in [0.25, 0.3) is 0 Å². The minimum atomic E-state index is 0.376. The molecule has 0 aliphatic carbocycles. The van der Waals surface area contributed by atoms with Crippen LogP contribution in [0.15, 0.2) is 164 Å². The van der Waals surface area contributed by atoms with Crippen molar-refractivity contribution in [3.63, 3.8) is 0 Å². The van der Waals surface area contributed by atoms with Crippen LogP contribution < -0.4 is 23.7 Å². The van der Waals surface area contributed by atoms with Gasteiger partial charge in [0.05, 0.1) is 7.11 Å². The molecule has 0 saturated carbocycles. The summed E-state index contributed by atoms with van der Waals surface area (Å²) >= 11 is 0. The fraction of sp³-hybridized carbons (Fsp3) is 0.160. The van der Waals surface area contributed by atoms with E-state index in [4.69, 9.17) is 23.7 Å². The number of benzene rings is 7. The number of rotatable bonds is 10. The van der Waals surface area contributed by atoms with E-state index >= 15 is 0 Å². The largest absolute Gasteiger partial charge is 0.497 e. The standard InChI is InChI=1S/C50H44O5/c1-51-44-25-27-46-41(31-44)21-17-36-19-23-43(24-20-36)55-49-30-40(18-22-42-32-45(26-28-47(42)46)52-33-37-11-5-2-6-12-37)29-48(53-34-38-13-7-3-8-14-38)50(49)54-35-39-15-9-4-10-16-39/h2-16,19-20,23-32H,17-18,21-22,33-35H2,1H3. The van der Waals surface area contributed by atoms with E-state index < -0.39 is 0 Å². The molecule has 0 amide bonds. The first-order chi connectivity index (χ1) is 27.2. The topological polar surface area (TPSA) is 46.2 Å². The molecule has 0 fully saturated rings. The molecule has 2 aliphatic rings. The van der Waals surface area contributed by atoms with E-state index in [1.165, 1.54) is 27.8 Å². The number of ether oxygens (including phenoxy) is 5. The molecule has 4 bridgehead atoms. The summed E-state index contributed by atoms with van der Waals surface area (Å²) in [5.41, 5.74) is 10.4. The summed E-state index contributed by atoms with van der Waals surface area (Å²) in [6.45, 7) is 1.27. The van der Waals surface area contributed by atoms with Crippen LogP contribution in [-0.2, 0) is 45.5 Å². The molecular formula is C50H44O5. The molecule has 0 saturated heterocycles. The summed E-state index contributed by atoms with van der Waals surface area (Å²) < 4.78 is 31.9. The van der Waals surface area contributed by atoms with Crippen molar-refractivity contribution in [3.05, 3.63) is 203 Å². The zero-order valence-electron chi connectivity index (χ0n) is 31.1. The highest BCUT2D eigenvalue weighted by Crippen LogP contribution is 2.43. The van der Waals surface area contributed by atoms with Crippen LogP contribution in [-0.4, -0.2) is 7.11 Å². The molecule has 55 heavy (non-hydrogen) atoms. The van der Waals surface area contributed by atoms with E-state index in [2.05, 4.69) is 97.1 Å². The Morgan fingerprint density at radius 3 is 1.58 bits per heavy atom. The van der Waals surface area contributed by atoms with E-state index in [1.807, 2.05) is 66.7 Å². The Balaban J connectivity index is 1.21. The lowest BCUT2D eigenvalue weighted by molar-refractivity contribution is 0.247. The van der Waals surface area contributed by atoms with Crippen LogP contribution in [0.2, 0.25) is 0 Å². The third-order valence-electron chi connectivity index (χ3n) is 9.99. The van der Waals surface area contributed by atoms with E-state index in [1.54, 1.807) is 7.11 Å². The van der Waals surface area contributed by atoms with Crippen LogP contribution in [0.4, 0.5) is 0 Å². The lowest BCUT2D eigenvalue weighted by atomic mass is 9.89. The van der Waals surface area contributed by atoms with E-state index in [9.17, 15) is 0 Å². The molecule has 0 atom stereocenters. The number of hydrogen-bond acceptors (Lipinski definition) is 5. The number of hydrogen-bond donors (Lipinski definition) is 0. The first kappa shape index (κ1) is 35.6. The summed E-state index contributed by atoms with van der Waals surface area (Å²) in [7, 11) is 1.73. The predicted octanol–water partition coefficient (Wildman–Crippen LogP) is 11.8. The van der Waals surface area contributed by atoms with Gasteiger partial charge in [0.1, 0.15) is 37.1 Å². The summed E-state index contributed by atoms with van der Waals surface area (Å²) in [6.07, 6.45) is 3.22. The number of methoxy groups -OCH3 is 1. The molecule has 9 rings (SSSR count). The Morgan fingerprint density at radius 1 is 0.455 bits per heavy atom. The summed E-state index contributed by atoms with van der Waals surface area (Å²) in [5, 5.41) is 0. The van der Waals surface area contributed by atoms with Crippen molar-refractivity contribution >= 4 is 0 Å². The average molecular weight is 725 g/mol. The highest BCUT2D eigenvalue weighted by Gasteiger charge is 2.20. The van der Waals surface area contributed by atoms with Gasteiger partial charge in [0.2, 0.25) is 5.75 Å². The molecule has 0 unspecified atom stereocenters. The fourth-order valence-corrected chi connectivity index (χ4v) is 7.01. The van der Waals surface area contributed by atoms with Gasteiger partial charge in [-0.3, -0.25) is 0 Å². The SMILES string of the molecule is COc1ccc2c(c1)CCc1ccc(cc1)Oc1cc(cc(OCc3ccccc3)c1OCc1ccccc1)CCc1cc(OCc3ccccc3)ccc1-2. The Morgan fingerprint density at radius 2 is 0.982 bits per heavy atom. The highest BCUT2D eigenvalue weighted by molar-refractivity contribution is 5.73. The first-order valence-electron chi connectivity index (χ1n) is 18.9. The summed E-state index contributed by atoms with van der Waals surface area (Å²) in [6, 6.07) is 56.2. The second-order valence-corrected chi connectivity index (χ2v) is 13.8. The first-order valence-corrected chi connectivity index (χ1v) is 18.9. The maximum atomic E-state index is 6.69. The number of fused-ring (bicyclic) bond motifs is 4. The van der Waals surface area contributed by atoms with Crippen molar-refractivity contribution in [1.29, 1.82) is 0 Å². The summed E-state index contributed by atoms with van der Waals surface area (Å²) in [5.74, 6) is 4.27. The zero-order chi connectivity index (χ0) is 37.2. The molecule has 2 heterocycles. The van der Waals surface area contributed by atoms with Crippen LogP contribution in [0.1, 0.15) is 38.9 Å². The molecule has 274 valence electrons. The van der Waals surface area contributed by atoms with Crippen LogP contribution in [0, 0.1) is 0 Å². The van der Waals surface area contributed by atoms with Gasteiger partial charge in [-0.15, -0.1) is 0 Å². The second-order valence-electron chi connectivity index (χ2n) is 13.8. The van der Waals surface area contributed by atoms with Crippen molar-refractivity contribution in [2.45, 2.75) is 45.5 Å². The van der Waals surface area contributed by atoms with E-state index in [0.29, 0.717) is 37.1 Å². The maximum absolute atomic E-state index is 6.69. The molecule has 5 heteroatoms. The minimum Gasteiger partial charge on any atom is -0.497 e. The summed E-state index contributed by atoms with van der Waals surface area (Å²) in [4.78, 5) is 0. The van der Waals surface area contributed by atoms with Gasteiger partial charge in [-0.25, -0.2) is 0 Å². The van der Waals surface area contributed by atoms with E-state index in [-0.39, 0.29) is 0 Å². The van der Waals surface area contributed by atoms with Gasteiger partial charge in [-0.05, 0) is 124 Å². The van der Waals surface area contributed by atoms with Crippen molar-refractivity contribution in [3.8, 4) is 45.6 Å². The molecular weight excluding hydrogens is 681 g/mol. The quantitative estimate of drug-likeness (QED) is 0.141. The second kappa shape index (κ2) is 17.1. The highest BCUT2D eigenvalue weighted by atomic mass is 16.5. The predicted molar refractivity (Wildman–Crippen MR) is 219 cm³/mol. The lowest BCUT2D eigenvalue weighted by Gasteiger charge is -2.20. The molecule has 0 N–H and O–H groups in total. The monoisotopic (exact) mass is 724 g/mol. The van der Waals surface area contributed by atoms with Crippen molar-refractivity contribution in [2.24, 2.45) is 0 Å². The third-order valence-corrected chi connectivity index (χ3v) is 9.99. The van der Waals surface area contributed by atoms with Crippen molar-refractivity contribution in [1.82, 2.24) is 0 Å². The van der Waals surface area contributed by atoms with Crippen LogP contribution in [0.3, 0.4) is 0 Å². The van der Waals surface area contributed by atoms with Crippen LogP contribution >= 0.6 is 0 Å². The molecule has 0 spiro atoms. The normalized spacial score (nSPS) is 12.2. The smallest absolute Gasteiger partial charge is 0.204 e. The number of aryl methyl sites for hydroxylation is 4. The molecule has 5 nitrogen and oxygen atoms in total. The third kappa shape index (κ3) is 9.02. The average Bonchev–Trinajstić information content (AvgIpc) is 3.24. The van der Waals surface area contributed by atoms with Gasteiger partial charge in [-0.2, -0.15) is 0 Å². The molecule has 2 aliphatic heterocycles. The Bertz CT molecular complexity index is 2320. The fourth-order valence-electron chi connectivity index (χ4n) is 7.01. The van der Waals surface area contributed by atoms with Gasteiger partial charge in [-0.1, -0.05) is 115 Å². The van der Waals surface area contributed by atoms with Gasteiger partial charge in [0.15, 0.2) is 11.5 Å². The zero-order valence-corrected chi connectivity index (χ0v) is 31.1. The Labute approximate surface area is 323 Å². The molecule has 7 aromatic rings. The van der Waals surface area contributed by atoms with Crippen LogP contribution in [0.5, 0.6) is 34.5 Å². The Kier molecular flexibility index (Phi) is 11.1. The van der Waals surface area contributed by atoms with Gasteiger partial charge < -0.3 is 23.7 Å². The minimum absolute atomic E-state index is 0.376. The maximum Gasteiger partial charge on any atom is 0.204 e. The van der Waals surface area contributed by atoms with Gasteiger partial charge >= 0.3 is 0 Å². The van der Waals surface area contributed by atoms with Crippen molar-refractivity contribution < 1.29 is 23.7 Å².